The number of carbonyl (C=O) groups is 1. The number of halogens is 1. The average molecular weight is 322 g/mol. The van der Waals surface area contributed by atoms with Crippen molar-refractivity contribution in [2.75, 3.05) is 5.32 Å². The van der Waals surface area contributed by atoms with Crippen molar-refractivity contribution in [3.63, 3.8) is 0 Å². The first-order valence-corrected chi connectivity index (χ1v) is 7.97. The van der Waals surface area contributed by atoms with Gasteiger partial charge in [-0.2, -0.15) is 0 Å². The second-order valence-corrected chi connectivity index (χ2v) is 6.43. The zero-order valence-corrected chi connectivity index (χ0v) is 12.7. The lowest BCUT2D eigenvalue weighted by molar-refractivity contribution is -0.114. The van der Waals surface area contributed by atoms with E-state index in [1.54, 1.807) is 6.07 Å². The molecule has 0 radical (unpaired) electrons. The molecule has 7 heteroatoms. The van der Waals surface area contributed by atoms with E-state index in [4.69, 9.17) is 0 Å². The molecule has 0 aliphatic heterocycles. The number of nitrogens with one attached hydrogen (secondary N) is 2. The standard InChI is InChI=1S/C15H15FN2O3S/c1-11(19)18-14-3-2-4-15(9-14)22(20,21)17-10-12-5-7-13(16)8-6-12/h2-9,17H,10H2,1H3,(H,18,19). The maximum absolute atomic E-state index is 12.8. The summed E-state index contributed by atoms with van der Waals surface area (Å²) in [7, 11) is -3.72. The van der Waals surface area contributed by atoms with Crippen molar-refractivity contribution in [2.45, 2.75) is 18.4 Å². The highest BCUT2D eigenvalue weighted by Gasteiger charge is 2.14. The van der Waals surface area contributed by atoms with Crippen molar-refractivity contribution in [3.05, 3.63) is 59.9 Å². The quantitative estimate of drug-likeness (QED) is 0.886. The maximum Gasteiger partial charge on any atom is 0.240 e. The minimum atomic E-state index is -3.72. The Balaban J connectivity index is 2.12. The molecule has 0 aromatic heterocycles. The molecule has 2 aromatic rings. The molecule has 2 rings (SSSR count). The molecule has 0 saturated carbocycles. The zero-order valence-electron chi connectivity index (χ0n) is 11.8. The molecule has 2 N–H and O–H groups in total. The van der Waals surface area contributed by atoms with Crippen LogP contribution in [0.1, 0.15) is 12.5 Å². The van der Waals surface area contributed by atoms with Gasteiger partial charge >= 0.3 is 0 Å². The van der Waals surface area contributed by atoms with E-state index in [2.05, 4.69) is 10.0 Å². The van der Waals surface area contributed by atoms with Crippen molar-refractivity contribution in [1.82, 2.24) is 4.72 Å². The zero-order chi connectivity index (χ0) is 16.2. The number of rotatable bonds is 5. The summed E-state index contributed by atoms with van der Waals surface area (Å²) in [5.41, 5.74) is 1.04. The van der Waals surface area contributed by atoms with Gasteiger partial charge in [0.2, 0.25) is 15.9 Å². The van der Waals surface area contributed by atoms with E-state index >= 15 is 0 Å². The Hall–Kier alpha value is -2.25. The van der Waals surface area contributed by atoms with Crippen LogP contribution < -0.4 is 10.0 Å². The predicted octanol–water partition coefficient (Wildman–Crippen LogP) is 2.26. The van der Waals surface area contributed by atoms with Crippen molar-refractivity contribution in [1.29, 1.82) is 0 Å². The molecule has 0 spiro atoms. The Kier molecular flexibility index (Phi) is 4.89. The second kappa shape index (κ2) is 6.67. The summed E-state index contributed by atoms with van der Waals surface area (Å²) in [6, 6.07) is 11.5. The molecule has 2 aromatic carbocycles. The summed E-state index contributed by atoms with van der Waals surface area (Å²) in [6.45, 7) is 1.39. The summed E-state index contributed by atoms with van der Waals surface area (Å²) >= 11 is 0. The van der Waals surface area contributed by atoms with Gasteiger partial charge in [0.05, 0.1) is 4.90 Å². The van der Waals surface area contributed by atoms with Crippen LogP contribution in [-0.2, 0) is 21.4 Å². The first-order valence-electron chi connectivity index (χ1n) is 6.48. The molecule has 0 heterocycles. The van der Waals surface area contributed by atoms with E-state index < -0.39 is 10.0 Å². The third-order valence-corrected chi connectivity index (χ3v) is 4.24. The molecular formula is C15H15FN2O3S. The van der Waals surface area contributed by atoms with E-state index in [0.717, 1.165) is 0 Å². The number of hydrogen-bond donors (Lipinski definition) is 2. The van der Waals surface area contributed by atoms with E-state index in [1.807, 2.05) is 0 Å². The summed E-state index contributed by atoms with van der Waals surface area (Å²) < 4.78 is 39.7. The van der Waals surface area contributed by atoms with Crippen LogP contribution in [0.15, 0.2) is 53.4 Å². The Labute approximate surface area is 128 Å². The fourth-order valence-corrected chi connectivity index (χ4v) is 2.87. The topological polar surface area (TPSA) is 75.3 Å². The van der Waals surface area contributed by atoms with Gasteiger partial charge in [-0.15, -0.1) is 0 Å². The van der Waals surface area contributed by atoms with Crippen LogP contribution in [0.25, 0.3) is 0 Å². The lowest BCUT2D eigenvalue weighted by Crippen LogP contribution is -2.23. The van der Waals surface area contributed by atoms with Crippen molar-refractivity contribution in [3.8, 4) is 0 Å². The second-order valence-electron chi connectivity index (χ2n) is 4.66. The summed E-state index contributed by atoms with van der Waals surface area (Å²) in [5.74, 6) is -0.663. The van der Waals surface area contributed by atoms with E-state index in [1.165, 1.54) is 49.4 Å². The Morgan fingerprint density at radius 2 is 1.82 bits per heavy atom. The van der Waals surface area contributed by atoms with Crippen LogP contribution in [0.4, 0.5) is 10.1 Å². The van der Waals surface area contributed by atoms with Crippen LogP contribution >= 0.6 is 0 Å². The molecular weight excluding hydrogens is 307 g/mol. The van der Waals surface area contributed by atoms with Crippen LogP contribution in [0.3, 0.4) is 0 Å². The number of carbonyl (C=O) groups excluding carboxylic acids is 1. The molecule has 116 valence electrons. The third-order valence-electron chi connectivity index (χ3n) is 2.84. The van der Waals surface area contributed by atoms with Gasteiger partial charge in [-0.05, 0) is 35.9 Å². The van der Waals surface area contributed by atoms with Gasteiger partial charge in [-0.1, -0.05) is 18.2 Å². The Morgan fingerprint density at radius 3 is 2.45 bits per heavy atom. The number of amides is 1. The van der Waals surface area contributed by atoms with Gasteiger partial charge in [0, 0.05) is 19.2 Å². The van der Waals surface area contributed by atoms with Crippen molar-refractivity contribution >= 4 is 21.6 Å². The summed E-state index contributed by atoms with van der Waals surface area (Å²) in [5, 5.41) is 2.52. The molecule has 5 nitrogen and oxygen atoms in total. The lowest BCUT2D eigenvalue weighted by atomic mass is 10.2. The van der Waals surface area contributed by atoms with Gasteiger partial charge in [-0.25, -0.2) is 17.5 Å². The molecule has 22 heavy (non-hydrogen) atoms. The van der Waals surface area contributed by atoms with Gasteiger partial charge in [-0.3, -0.25) is 4.79 Å². The fourth-order valence-electron chi connectivity index (χ4n) is 1.81. The molecule has 0 bridgehead atoms. The number of anilines is 1. The highest BCUT2D eigenvalue weighted by Crippen LogP contribution is 2.16. The first-order chi connectivity index (χ1) is 10.4. The highest BCUT2D eigenvalue weighted by molar-refractivity contribution is 7.89. The minimum Gasteiger partial charge on any atom is -0.326 e. The van der Waals surface area contributed by atoms with Gasteiger partial charge in [0.1, 0.15) is 5.82 Å². The average Bonchev–Trinajstić information content (AvgIpc) is 2.46. The first kappa shape index (κ1) is 16.1. The smallest absolute Gasteiger partial charge is 0.240 e. The molecule has 0 fully saturated rings. The van der Waals surface area contributed by atoms with Crippen molar-refractivity contribution < 1.29 is 17.6 Å². The maximum atomic E-state index is 12.8. The molecule has 0 atom stereocenters. The largest absolute Gasteiger partial charge is 0.326 e. The van der Waals surface area contributed by atoms with E-state index in [0.29, 0.717) is 11.3 Å². The SMILES string of the molecule is CC(=O)Nc1cccc(S(=O)(=O)NCc2ccc(F)cc2)c1. The lowest BCUT2D eigenvalue weighted by Gasteiger charge is -2.09. The molecule has 0 aliphatic rings. The summed E-state index contributed by atoms with van der Waals surface area (Å²) in [6.07, 6.45) is 0. The van der Waals surface area contributed by atoms with Gasteiger partial charge < -0.3 is 5.32 Å². The number of benzene rings is 2. The fraction of sp³-hybridized carbons (Fsp3) is 0.133. The number of hydrogen-bond acceptors (Lipinski definition) is 3. The predicted molar refractivity (Wildman–Crippen MR) is 81.2 cm³/mol. The monoisotopic (exact) mass is 322 g/mol. The Morgan fingerprint density at radius 1 is 1.14 bits per heavy atom. The molecule has 0 unspecified atom stereocenters. The van der Waals surface area contributed by atoms with Crippen LogP contribution in [0, 0.1) is 5.82 Å². The van der Waals surface area contributed by atoms with Crippen LogP contribution in [-0.4, -0.2) is 14.3 Å². The van der Waals surface area contributed by atoms with Crippen LogP contribution in [0.5, 0.6) is 0 Å². The Bertz CT molecular complexity index is 774. The highest BCUT2D eigenvalue weighted by atomic mass is 32.2. The molecule has 1 amide bonds. The summed E-state index contributed by atoms with van der Waals surface area (Å²) in [4.78, 5) is 11.0. The van der Waals surface area contributed by atoms with Gasteiger partial charge in [0.15, 0.2) is 0 Å². The molecule has 0 aliphatic carbocycles. The van der Waals surface area contributed by atoms with E-state index in [-0.39, 0.29) is 23.2 Å². The third kappa shape index (κ3) is 4.37. The number of sulfonamides is 1. The van der Waals surface area contributed by atoms with Gasteiger partial charge in [0.25, 0.3) is 0 Å². The normalized spacial score (nSPS) is 11.2. The van der Waals surface area contributed by atoms with E-state index in [9.17, 15) is 17.6 Å². The van der Waals surface area contributed by atoms with Crippen molar-refractivity contribution in [2.24, 2.45) is 0 Å². The molecule has 0 saturated heterocycles. The van der Waals surface area contributed by atoms with Crippen LogP contribution in [0.2, 0.25) is 0 Å². The minimum absolute atomic E-state index is 0.0425.